The first kappa shape index (κ1) is 15.9. The minimum Gasteiger partial charge on any atom is -0.337 e. The predicted molar refractivity (Wildman–Crippen MR) is 93.8 cm³/mol. The first-order valence-electron chi connectivity index (χ1n) is 7.91. The quantitative estimate of drug-likeness (QED) is 0.849. The molecule has 2 amide bonds. The molecule has 1 aliphatic rings. The SMILES string of the molecule is Cc1ccc(C2(CNC(=O)NCc3ccccc3Cl)CC2)cc1. The van der Waals surface area contributed by atoms with E-state index < -0.39 is 0 Å². The smallest absolute Gasteiger partial charge is 0.315 e. The molecule has 23 heavy (non-hydrogen) atoms. The fourth-order valence-corrected chi connectivity index (χ4v) is 2.96. The first-order valence-corrected chi connectivity index (χ1v) is 8.29. The number of benzene rings is 2. The Morgan fingerprint density at radius 3 is 2.43 bits per heavy atom. The van der Waals surface area contributed by atoms with Gasteiger partial charge in [-0.1, -0.05) is 59.6 Å². The van der Waals surface area contributed by atoms with Gasteiger partial charge in [0.2, 0.25) is 0 Å². The Morgan fingerprint density at radius 2 is 1.78 bits per heavy atom. The molecule has 2 aromatic rings. The van der Waals surface area contributed by atoms with Crippen LogP contribution in [0.5, 0.6) is 0 Å². The third-order valence-electron chi connectivity index (χ3n) is 4.50. The summed E-state index contributed by atoms with van der Waals surface area (Å²) in [6, 6.07) is 16.0. The van der Waals surface area contributed by atoms with Gasteiger partial charge in [0.1, 0.15) is 0 Å². The lowest BCUT2D eigenvalue weighted by molar-refractivity contribution is 0.239. The summed E-state index contributed by atoms with van der Waals surface area (Å²) in [6.45, 7) is 3.19. The Labute approximate surface area is 142 Å². The zero-order valence-corrected chi connectivity index (χ0v) is 14.0. The van der Waals surface area contributed by atoms with Crippen molar-refractivity contribution in [3.05, 3.63) is 70.2 Å². The highest BCUT2D eigenvalue weighted by atomic mass is 35.5. The zero-order valence-electron chi connectivity index (χ0n) is 13.2. The van der Waals surface area contributed by atoms with Gasteiger partial charge < -0.3 is 10.6 Å². The van der Waals surface area contributed by atoms with E-state index in [1.54, 1.807) is 0 Å². The fraction of sp³-hybridized carbons (Fsp3) is 0.316. The molecule has 1 saturated carbocycles. The minimum absolute atomic E-state index is 0.120. The van der Waals surface area contributed by atoms with Crippen molar-refractivity contribution >= 4 is 17.6 Å². The Balaban J connectivity index is 1.51. The van der Waals surface area contributed by atoms with Crippen molar-refractivity contribution in [2.45, 2.75) is 31.7 Å². The Hall–Kier alpha value is -2.00. The molecule has 1 aliphatic carbocycles. The maximum atomic E-state index is 12.0. The maximum Gasteiger partial charge on any atom is 0.315 e. The third-order valence-corrected chi connectivity index (χ3v) is 4.87. The summed E-state index contributed by atoms with van der Waals surface area (Å²) in [7, 11) is 0. The van der Waals surface area contributed by atoms with E-state index in [2.05, 4.69) is 41.8 Å². The van der Waals surface area contributed by atoms with Crippen molar-refractivity contribution in [3.8, 4) is 0 Å². The molecule has 4 heteroatoms. The molecule has 0 unspecified atom stereocenters. The molecule has 2 N–H and O–H groups in total. The van der Waals surface area contributed by atoms with Crippen LogP contribution < -0.4 is 10.6 Å². The van der Waals surface area contributed by atoms with Crippen LogP contribution in [-0.4, -0.2) is 12.6 Å². The summed E-state index contributed by atoms with van der Waals surface area (Å²) in [5, 5.41) is 6.53. The molecule has 120 valence electrons. The van der Waals surface area contributed by atoms with E-state index in [0.29, 0.717) is 18.1 Å². The molecule has 2 aromatic carbocycles. The van der Waals surface area contributed by atoms with Crippen LogP contribution in [0.2, 0.25) is 5.02 Å². The van der Waals surface area contributed by atoms with E-state index in [1.165, 1.54) is 11.1 Å². The standard InChI is InChI=1S/C19H21ClN2O/c1-14-6-8-16(9-7-14)19(10-11-19)13-22-18(23)21-12-15-4-2-3-5-17(15)20/h2-9H,10-13H2,1H3,(H2,21,22,23). The Morgan fingerprint density at radius 1 is 1.09 bits per heavy atom. The summed E-state index contributed by atoms with van der Waals surface area (Å²) < 4.78 is 0. The van der Waals surface area contributed by atoms with Gasteiger partial charge in [0.25, 0.3) is 0 Å². The number of carbonyl (C=O) groups is 1. The van der Waals surface area contributed by atoms with E-state index in [-0.39, 0.29) is 11.4 Å². The van der Waals surface area contributed by atoms with Crippen molar-refractivity contribution in [2.24, 2.45) is 0 Å². The molecular formula is C19H21ClN2O. The molecule has 0 aliphatic heterocycles. The average molecular weight is 329 g/mol. The lowest BCUT2D eigenvalue weighted by atomic mass is 9.95. The second-order valence-corrected chi connectivity index (χ2v) is 6.68. The zero-order chi connectivity index (χ0) is 16.3. The number of aryl methyl sites for hydroxylation is 1. The van der Waals surface area contributed by atoms with Crippen LogP contribution in [0.15, 0.2) is 48.5 Å². The topological polar surface area (TPSA) is 41.1 Å². The molecular weight excluding hydrogens is 308 g/mol. The maximum absolute atomic E-state index is 12.0. The second-order valence-electron chi connectivity index (χ2n) is 6.27. The number of rotatable bonds is 5. The largest absolute Gasteiger partial charge is 0.337 e. The van der Waals surface area contributed by atoms with Crippen molar-refractivity contribution in [1.82, 2.24) is 10.6 Å². The highest BCUT2D eigenvalue weighted by Crippen LogP contribution is 2.47. The summed E-state index contributed by atoms with van der Waals surface area (Å²) in [6.07, 6.45) is 2.25. The minimum atomic E-state index is -0.150. The van der Waals surface area contributed by atoms with Gasteiger partial charge in [0, 0.05) is 23.5 Å². The molecule has 3 rings (SSSR count). The monoisotopic (exact) mass is 328 g/mol. The van der Waals surface area contributed by atoms with E-state index >= 15 is 0 Å². The van der Waals surface area contributed by atoms with E-state index in [9.17, 15) is 4.79 Å². The molecule has 0 radical (unpaired) electrons. The molecule has 1 fully saturated rings. The van der Waals surface area contributed by atoms with E-state index in [0.717, 1.165) is 18.4 Å². The van der Waals surface area contributed by atoms with Crippen LogP contribution >= 0.6 is 11.6 Å². The third kappa shape index (κ3) is 3.85. The van der Waals surface area contributed by atoms with Crippen LogP contribution in [-0.2, 0) is 12.0 Å². The molecule has 0 atom stereocenters. The highest BCUT2D eigenvalue weighted by Gasteiger charge is 2.44. The average Bonchev–Trinajstić information content (AvgIpc) is 3.34. The Bertz CT molecular complexity index is 693. The van der Waals surface area contributed by atoms with Gasteiger partial charge in [-0.2, -0.15) is 0 Å². The normalized spacial score (nSPS) is 15.0. The molecule has 0 saturated heterocycles. The van der Waals surface area contributed by atoms with E-state index in [1.807, 2.05) is 24.3 Å². The molecule has 0 aromatic heterocycles. The molecule has 0 spiro atoms. The number of halogens is 1. The Kier molecular flexibility index (Phi) is 4.58. The van der Waals surface area contributed by atoms with Gasteiger partial charge in [-0.25, -0.2) is 4.79 Å². The number of amides is 2. The van der Waals surface area contributed by atoms with Gasteiger partial charge in [-0.15, -0.1) is 0 Å². The molecule has 0 bridgehead atoms. The second kappa shape index (κ2) is 6.63. The van der Waals surface area contributed by atoms with Crippen LogP contribution in [0.25, 0.3) is 0 Å². The number of hydrogen-bond donors (Lipinski definition) is 2. The van der Waals surface area contributed by atoms with Crippen molar-refractivity contribution in [3.63, 3.8) is 0 Å². The van der Waals surface area contributed by atoms with Crippen LogP contribution in [0, 0.1) is 6.92 Å². The number of urea groups is 1. The summed E-state index contributed by atoms with van der Waals surface area (Å²) >= 11 is 6.09. The molecule has 3 nitrogen and oxygen atoms in total. The van der Waals surface area contributed by atoms with Crippen molar-refractivity contribution < 1.29 is 4.79 Å². The van der Waals surface area contributed by atoms with Gasteiger partial charge in [0.05, 0.1) is 0 Å². The van der Waals surface area contributed by atoms with Gasteiger partial charge in [0.15, 0.2) is 0 Å². The van der Waals surface area contributed by atoms with Crippen molar-refractivity contribution in [1.29, 1.82) is 0 Å². The number of carbonyl (C=O) groups excluding carboxylic acids is 1. The lowest BCUT2D eigenvalue weighted by Crippen LogP contribution is -2.39. The summed E-state index contributed by atoms with van der Waals surface area (Å²) in [5.74, 6) is 0. The summed E-state index contributed by atoms with van der Waals surface area (Å²) in [5.41, 5.74) is 3.61. The number of hydrogen-bond acceptors (Lipinski definition) is 1. The van der Waals surface area contributed by atoms with Crippen LogP contribution in [0.3, 0.4) is 0 Å². The fourth-order valence-electron chi connectivity index (χ4n) is 2.75. The van der Waals surface area contributed by atoms with Crippen LogP contribution in [0.4, 0.5) is 4.79 Å². The van der Waals surface area contributed by atoms with E-state index in [4.69, 9.17) is 11.6 Å². The molecule has 0 heterocycles. The van der Waals surface area contributed by atoms with Crippen molar-refractivity contribution in [2.75, 3.05) is 6.54 Å². The van der Waals surface area contributed by atoms with Crippen LogP contribution in [0.1, 0.15) is 29.5 Å². The number of nitrogens with one attached hydrogen (secondary N) is 2. The predicted octanol–water partition coefficient (Wildman–Crippen LogP) is 4.18. The van der Waals surface area contributed by atoms with Gasteiger partial charge in [-0.3, -0.25) is 0 Å². The van der Waals surface area contributed by atoms with Gasteiger partial charge >= 0.3 is 6.03 Å². The summed E-state index contributed by atoms with van der Waals surface area (Å²) in [4.78, 5) is 12.0. The highest BCUT2D eigenvalue weighted by molar-refractivity contribution is 6.31. The first-order chi connectivity index (χ1) is 11.1. The van der Waals surface area contributed by atoms with Gasteiger partial charge in [-0.05, 0) is 37.0 Å². The lowest BCUT2D eigenvalue weighted by Gasteiger charge is -2.17.